The first-order valence-corrected chi connectivity index (χ1v) is 8.05. The highest BCUT2D eigenvalue weighted by Crippen LogP contribution is 2.52. The van der Waals surface area contributed by atoms with Gasteiger partial charge in [-0.25, -0.2) is 0 Å². The van der Waals surface area contributed by atoms with Crippen LogP contribution < -0.4 is 4.74 Å². The predicted octanol–water partition coefficient (Wildman–Crippen LogP) is 2.20. The Balaban J connectivity index is 1.60. The molecule has 1 aromatic carbocycles. The number of rotatable bonds is 3. The first kappa shape index (κ1) is 15.2. The fourth-order valence-corrected chi connectivity index (χ4v) is 4.17. The van der Waals surface area contributed by atoms with Gasteiger partial charge in [-0.1, -0.05) is 23.8 Å². The van der Waals surface area contributed by atoms with E-state index in [2.05, 4.69) is 5.10 Å². The molecule has 6 nitrogen and oxygen atoms in total. The molecule has 3 aliphatic rings. The van der Waals surface area contributed by atoms with Gasteiger partial charge in [0.1, 0.15) is 0 Å². The van der Waals surface area contributed by atoms with Gasteiger partial charge < -0.3 is 9.84 Å². The molecule has 1 aliphatic heterocycles. The van der Waals surface area contributed by atoms with E-state index in [4.69, 9.17) is 16.3 Å². The number of fused-ring (bicyclic) bond motifs is 5. The quantitative estimate of drug-likeness (QED) is 0.517. The molecule has 1 saturated heterocycles. The standard InChI is InChI=1S/C17H15ClN2O4/c1-24-12-5-8(4-11(18)15(12)21)7-19-20-16(22)13-9-2-3-10(6-9)14(13)17(20)23/h2-5,7,9-10,13-14,21H,6H2,1H3/b19-7-/t9-,10-,13-,14-/m0/s1. The van der Waals surface area contributed by atoms with Crippen molar-refractivity contribution in [3.63, 3.8) is 0 Å². The van der Waals surface area contributed by atoms with Gasteiger partial charge in [0.25, 0.3) is 11.8 Å². The van der Waals surface area contributed by atoms with Crippen molar-refractivity contribution in [2.75, 3.05) is 7.11 Å². The van der Waals surface area contributed by atoms with Crippen molar-refractivity contribution in [2.24, 2.45) is 28.8 Å². The summed E-state index contributed by atoms with van der Waals surface area (Å²) in [6.45, 7) is 0. The molecule has 0 unspecified atom stereocenters. The molecule has 1 saturated carbocycles. The van der Waals surface area contributed by atoms with Gasteiger partial charge in [-0.05, 0) is 36.0 Å². The van der Waals surface area contributed by atoms with E-state index in [1.807, 2.05) is 12.2 Å². The Labute approximate surface area is 143 Å². The lowest BCUT2D eigenvalue weighted by molar-refractivity contribution is -0.140. The maximum atomic E-state index is 12.5. The van der Waals surface area contributed by atoms with Gasteiger partial charge in [-0.2, -0.15) is 10.1 Å². The number of benzene rings is 1. The highest BCUT2D eigenvalue weighted by molar-refractivity contribution is 6.32. The van der Waals surface area contributed by atoms with Gasteiger partial charge in [0.05, 0.1) is 30.2 Å². The molecule has 4 atom stereocenters. The smallest absolute Gasteiger partial charge is 0.254 e. The van der Waals surface area contributed by atoms with Crippen LogP contribution in [0.4, 0.5) is 0 Å². The summed E-state index contributed by atoms with van der Waals surface area (Å²) in [6, 6.07) is 3.02. The number of carbonyl (C=O) groups excluding carboxylic acids is 2. The number of hydrogen-bond donors (Lipinski definition) is 1. The van der Waals surface area contributed by atoms with Crippen LogP contribution in [0.15, 0.2) is 29.4 Å². The number of phenolic OH excluding ortho intramolecular Hbond substituents is 1. The van der Waals surface area contributed by atoms with Gasteiger partial charge in [0.2, 0.25) is 0 Å². The van der Waals surface area contributed by atoms with Crippen molar-refractivity contribution in [3.8, 4) is 11.5 Å². The molecule has 24 heavy (non-hydrogen) atoms. The molecule has 2 aliphatic carbocycles. The van der Waals surface area contributed by atoms with Crippen LogP contribution >= 0.6 is 11.6 Å². The number of hydrazone groups is 1. The third-order valence-corrected chi connectivity index (χ3v) is 5.33. The zero-order chi connectivity index (χ0) is 17.0. The molecule has 2 amide bonds. The Bertz CT molecular complexity index is 774. The third-order valence-electron chi connectivity index (χ3n) is 5.04. The van der Waals surface area contributed by atoms with Crippen LogP contribution in [0.25, 0.3) is 0 Å². The number of hydrogen-bond acceptors (Lipinski definition) is 5. The summed E-state index contributed by atoms with van der Waals surface area (Å²) in [5.41, 5.74) is 0.522. The fraction of sp³-hybridized carbons (Fsp3) is 0.353. The lowest BCUT2D eigenvalue weighted by Gasteiger charge is -2.13. The number of nitrogens with zero attached hydrogens (tertiary/aromatic N) is 2. The number of ether oxygens (including phenoxy) is 1. The normalized spacial score (nSPS) is 30.7. The molecule has 1 aromatic rings. The topological polar surface area (TPSA) is 79.2 Å². The van der Waals surface area contributed by atoms with Gasteiger partial charge in [0, 0.05) is 0 Å². The second kappa shape index (κ2) is 5.34. The zero-order valence-electron chi connectivity index (χ0n) is 12.8. The summed E-state index contributed by atoms with van der Waals surface area (Å²) in [4.78, 5) is 25.0. The van der Waals surface area contributed by atoms with Crippen molar-refractivity contribution in [2.45, 2.75) is 6.42 Å². The number of imide groups is 1. The highest BCUT2D eigenvalue weighted by atomic mass is 35.5. The molecule has 0 aromatic heterocycles. The first-order chi connectivity index (χ1) is 11.5. The molecular formula is C17H15ClN2O4. The zero-order valence-corrected chi connectivity index (χ0v) is 13.6. The molecule has 4 rings (SSSR count). The molecule has 7 heteroatoms. The van der Waals surface area contributed by atoms with Crippen molar-refractivity contribution in [1.82, 2.24) is 5.01 Å². The summed E-state index contributed by atoms with van der Waals surface area (Å²) in [6.07, 6.45) is 6.33. The molecular weight excluding hydrogens is 332 g/mol. The maximum absolute atomic E-state index is 12.5. The summed E-state index contributed by atoms with van der Waals surface area (Å²) < 4.78 is 5.03. The largest absolute Gasteiger partial charge is 0.503 e. The summed E-state index contributed by atoms with van der Waals surface area (Å²) in [5.74, 6) is -0.696. The van der Waals surface area contributed by atoms with Crippen LogP contribution in [0.1, 0.15) is 12.0 Å². The summed E-state index contributed by atoms with van der Waals surface area (Å²) in [5, 5.41) is 14.9. The van der Waals surface area contributed by atoms with Gasteiger partial charge in [0.15, 0.2) is 11.5 Å². The van der Waals surface area contributed by atoms with Gasteiger partial charge in [-0.15, -0.1) is 0 Å². The molecule has 0 spiro atoms. The molecule has 0 radical (unpaired) electrons. The molecule has 1 N–H and O–H groups in total. The minimum Gasteiger partial charge on any atom is -0.503 e. The van der Waals surface area contributed by atoms with Crippen LogP contribution in [-0.2, 0) is 9.59 Å². The molecule has 2 fully saturated rings. The minimum absolute atomic E-state index is 0.106. The van der Waals surface area contributed by atoms with Gasteiger partial charge in [-0.3, -0.25) is 9.59 Å². The Morgan fingerprint density at radius 2 is 1.88 bits per heavy atom. The number of halogens is 1. The summed E-state index contributed by atoms with van der Waals surface area (Å²) >= 11 is 5.93. The van der Waals surface area contributed by atoms with Crippen LogP contribution in [0.5, 0.6) is 11.5 Å². The van der Waals surface area contributed by atoms with Crippen molar-refractivity contribution < 1.29 is 19.4 Å². The number of allylic oxidation sites excluding steroid dienone is 2. The maximum Gasteiger partial charge on any atom is 0.254 e. The van der Waals surface area contributed by atoms with Crippen LogP contribution in [0.3, 0.4) is 0 Å². The lowest BCUT2D eigenvalue weighted by Crippen LogP contribution is -2.28. The number of amides is 2. The van der Waals surface area contributed by atoms with E-state index in [1.165, 1.54) is 25.5 Å². The Hall–Kier alpha value is -2.34. The Kier molecular flexibility index (Phi) is 3.38. The van der Waals surface area contributed by atoms with E-state index in [0.29, 0.717) is 5.56 Å². The number of aromatic hydroxyl groups is 1. The average Bonchev–Trinajstić information content (AvgIpc) is 3.23. The first-order valence-electron chi connectivity index (χ1n) is 7.68. The Morgan fingerprint density at radius 3 is 2.46 bits per heavy atom. The van der Waals surface area contributed by atoms with Crippen molar-refractivity contribution >= 4 is 29.6 Å². The van der Waals surface area contributed by atoms with E-state index < -0.39 is 0 Å². The Morgan fingerprint density at radius 1 is 1.25 bits per heavy atom. The second-order valence-corrected chi connectivity index (χ2v) is 6.69. The van der Waals surface area contributed by atoms with Crippen LogP contribution in [0.2, 0.25) is 5.02 Å². The monoisotopic (exact) mass is 346 g/mol. The average molecular weight is 347 g/mol. The molecule has 124 valence electrons. The second-order valence-electron chi connectivity index (χ2n) is 6.29. The molecule has 2 bridgehead atoms. The number of methoxy groups -OCH3 is 1. The van der Waals surface area contributed by atoms with E-state index in [1.54, 1.807) is 0 Å². The van der Waals surface area contributed by atoms with E-state index in [0.717, 1.165) is 11.4 Å². The van der Waals surface area contributed by atoms with Crippen molar-refractivity contribution in [1.29, 1.82) is 0 Å². The van der Waals surface area contributed by atoms with E-state index in [9.17, 15) is 14.7 Å². The summed E-state index contributed by atoms with van der Waals surface area (Å²) in [7, 11) is 1.41. The van der Waals surface area contributed by atoms with Crippen LogP contribution in [0, 0.1) is 23.7 Å². The number of phenols is 1. The minimum atomic E-state index is -0.275. The fourth-order valence-electron chi connectivity index (χ4n) is 3.95. The lowest BCUT2D eigenvalue weighted by atomic mass is 9.85. The third kappa shape index (κ3) is 2.06. The van der Waals surface area contributed by atoms with E-state index >= 15 is 0 Å². The van der Waals surface area contributed by atoms with Crippen LogP contribution in [-0.4, -0.2) is 35.3 Å². The predicted molar refractivity (Wildman–Crippen MR) is 86.8 cm³/mol. The molecule has 1 heterocycles. The van der Waals surface area contributed by atoms with Gasteiger partial charge >= 0.3 is 0 Å². The number of carbonyl (C=O) groups is 2. The SMILES string of the molecule is COc1cc(/C=N\N2C(=O)[C@@H]3[C@@H](C2=O)[C@H]2C=C[C@H]3C2)cc(Cl)c1O. The van der Waals surface area contributed by atoms with E-state index in [-0.39, 0.29) is 52.0 Å². The highest BCUT2D eigenvalue weighted by Gasteiger charge is 2.59. The van der Waals surface area contributed by atoms with Crippen molar-refractivity contribution in [3.05, 3.63) is 34.9 Å².